The van der Waals surface area contributed by atoms with E-state index in [0.717, 1.165) is 17.1 Å². The van der Waals surface area contributed by atoms with Gasteiger partial charge in [-0.25, -0.2) is 0 Å². The highest BCUT2D eigenvalue weighted by molar-refractivity contribution is 7.99. The Labute approximate surface area is 196 Å². The van der Waals surface area contributed by atoms with Crippen LogP contribution >= 0.6 is 11.8 Å². The van der Waals surface area contributed by atoms with E-state index < -0.39 is 0 Å². The third-order valence-electron chi connectivity index (χ3n) is 4.76. The lowest BCUT2D eigenvalue weighted by molar-refractivity contribution is -0.118. The Hall–Kier alpha value is -3.78. The smallest absolute Gasteiger partial charge is 0.230 e. The van der Waals surface area contributed by atoms with Gasteiger partial charge in [-0.2, -0.15) is 0 Å². The first-order valence-corrected chi connectivity index (χ1v) is 11.5. The van der Waals surface area contributed by atoms with Gasteiger partial charge in [0.05, 0.1) is 19.4 Å². The minimum absolute atomic E-state index is 0.104. The standard InChI is InChI=1S/C25H24N4O3S/c1-31-21-14-8-9-15-22(21)32-17-16-26-23(30)18-33-25-28-27-24(19-10-4-2-5-11-19)29(25)20-12-6-3-7-13-20/h2-15H,16-18H2,1H3,(H,26,30). The molecule has 8 heteroatoms. The van der Waals surface area contributed by atoms with Crippen molar-refractivity contribution in [3.05, 3.63) is 84.9 Å². The molecule has 0 bridgehead atoms. The molecule has 0 radical (unpaired) electrons. The summed E-state index contributed by atoms with van der Waals surface area (Å²) < 4.78 is 12.9. The summed E-state index contributed by atoms with van der Waals surface area (Å²) in [6.07, 6.45) is 0. The number of hydrogen-bond donors (Lipinski definition) is 1. The van der Waals surface area contributed by atoms with Crippen molar-refractivity contribution in [2.75, 3.05) is 26.0 Å². The average molecular weight is 461 g/mol. The summed E-state index contributed by atoms with van der Waals surface area (Å²) in [6.45, 7) is 0.729. The Bertz CT molecular complexity index is 1180. The van der Waals surface area contributed by atoms with Crippen LogP contribution in [-0.2, 0) is 4.79 Å². The number of para-hydroxylation sites is 3. The predicted molar refractivity (Wildman–Crippen MR) is 129 cm³/mol. The number of thioether (sulfide) groups is 1. The summed E-state index contributed by atoms with van der Waals surface area (Å²) in [6, 6.07) is 27.2. The molecule has 1 N–H and O–H groups in total. The van der Waals surface area contributed by atoms with Gasteiger partial charge in [-0.15, -0.1) is 10.2 Å². The molecule has 1 aromatic heterocycles. The average Bonchev–Trinajstić information content (AvgIpc) is 3.30. The van der Waals surface area contributed by atoms with Gasteiger partial charge in [0.1, 0.15) is 6.61 Å². The number of aromatic nitrogens is 3. The number of hydrogen-bond acceptors (Lipinski definition) is 6. The molecule has 168 valence electrons. The first kappa shape index (κ1) is 22.4. The molecule has 0 aliphatic rings. The lowest BCUT2D eigenvalue weighted by Gasteiger charge is -2.11. The molecule has 0 aliphatic heterocycles. The van der Waals surface area contributed by atoms with E-state index in [-0.39, 0.29) is 11.7 Å². The number of ether oxygens (including phenoxy) is 2. The molecule has 0 saturated heterocycles. The second-order valence-electron chi connectivity index (χ2n) is 6.98. The molecule has 4 rings (SSSR count). The first-order chi connectivity index (χ1) is 16.3. The lowest BCUT2D eigenvalue weighted by atomic mass is 10.2. The molecular formula is C25H24N4O3S. The van der Waals surface area contributed by atoms with Crippen molar-refractivity contribution in [2.24, 2.45) is 0 Å². The van der Waals surface area contributed by atoms with Gasteiger partial charge in [0, 0.05) is 11.3 Å². The summed E-state index contributed by atoms with van der Waals surface area (Å²) in [7, 11) is 1.60. The number of carbonyl (C=O) groups is 1. The van der Waals surface area contributed by atoms with Crippen LogP contribution in [0.1, 0.15) is 0 Å². The monoisotopic (exact) mass is 460 g/mol. The number of amides is 1. The maximum absolute atomic E-state index is 12.4. The molecule has 0 atom stereocenters. The molecule has 0 aliphatic carbocycles. The van der Waals surface area contributed by atoms with Crippen LogP contribution in [0, 0.1) is 0 Å². The van der Waals surface area contributed by atoms with Crippen LogP contribution in [0.25, 0.3) is 17.1 Å². The number of methoxy groups -OCH3 is 1. The Morgan fingerprint density at radius 1 is 0.909 bits per heavy atom. The van der Waals surface area contributed by atoms with Crippen LogP contribution < -0.4 is 14.8 Å². The third kappa shape index (κ3) is 5.72. The van der Waals surface area contributed by atoms with Crippen molar-refractivity contribution >= 4 is 17.7 Å². The molecule has 4 aromatic rings. The van der Waals surface area contributed by atoms with Gasteiger partial charge in [0.15, 0.2) is 22.5 Å². The highest BCUT2D eigenvalue weighted by Crippen LogP contribution is 2.28. The summed E-state index contributed by atoms with van der Waals surface area (Å²) in [5.41, 5.74) is 1.90. The van der Waals surface area contributed by atoms with Crippen LogP contribution in [0.15, 0.2) is 90.1 Å². The van der Waals surface area contributed by atoms with Crippen molar-refractivity contribution in [3.8, 4) is 28.6 Å². The molecule has 0 unspecified atom stereocenters. The van der Waals surface area contributed by atoms with Crippen molar-refractivity contribution in [1.82, 2.24) is 20.1 Å². The first-order valence-electron chi connectivity index (χ1n) is 10.5. The van der Waals surface area contributed by atoms with Crippen LogP contribution in [-0.4, -0.2) is 46.7 Å². The fourth-order valence-electron chi connectivity index (χ4n) is 3.22. The predicted octanol–water partition coefficient (Wildman–Crippen LogP) is 4.23. The van der Waals surface area contributed by atoms with Crippen LogP contribution in [0.5, 0.6) is 11.5 Å². The van der Waals surface area contributed by atoms with Crippen LogP contribution in [0.3, 0.4) is 0 Å². The molecular weight excluding hydrogens is 436 g/mol. The molecule has 0 fully saturated rings. The van der Waals surface area contributed by atoms with Crippen LogP contribution in [0.2, 0.25) is 0 Å². The lowest BCUT2D eigenvalue weighted by Crippen LogP contribution is -2.29. The number of rotatable bonds is 10. The highest BCUT2D eigenvalue weighted by atomic mass is 32.2. The summed E-state index contributed by atoms with van der Waals surface area (Å²) >= 11 is 1.34. The molecule has 0 saturated carbocycles. The largest absolute Gasteiger partial charge is 0.493 e. The number of nitrogens with one attached hydrogen (secondary N) is 1. The van der Waals surface area contributed by atoms with E-state index in [1.807, 2.05) is 89.5 Å². The number of benzene rings is 3. The topological polar surface area (TPSA) is 78.3 Å². The van der Waals surface area contributed by atoms with Gasteiger partial charge in [-0.05, 0) is 24.3 Å². The van der Waals surface area contributed by atoms with E-state index in [9.17, 15) is 4.79 Å². The summed E-state index contributed by atoms with van der Waals surface area (Å²) in [5.74, 6) is 2.15. The van der Waals surface area contributed by atoms with Gasteiger partial charge in [0.2, 0.25) is 5.91 Å². The maximum atomic E-state index is 12.4. The number of nitrogens with zero attached hydrogens (tertiary/aromatic N) is 3. The second kappa shape index (κ2) is 11.2. The van der Waals surface area contributed by atoms with Gasteiger partial charge in [-0.1, -0.05) is 72.4 Å². The number of carbonyl (C=O) groups excluding carboxylic acids is 1. The van der Waals surface area contributed by atoms with Gasteiger partial charge < -0.3 is 14.8 Å². The molecule has 33 heavy (non-hydrogen) atoms. The third-order valence-corrected chi connectivity index (χ3v) is 5.69. The van der Waals surface area contributed by atoms with Crippen LogP contribution in [0.4, 0.5) is 0 Å². The molecule has 0 spiro atoms. The molecule has 7 nitrogen and oxygen atoms in total. The van der Waals surface area contributed by atoms with E-state index in [4.69, 9.17) is 9.47 Å². The van der Waals surface area contributed by atoms with Crippen molar-refractivity contribution in [1.29, 1.82) is 0 Å². The Balaban J connectivity index is 1.37. The zero-order valence-corrected chi connectivity index (χ0v) is 19.0. The van der Waals surface area contributed by atoms with Crippen molar-refractivity contribution < 1.29 is 14.3 Å². The van der Waals surface area contributed by atoms with E-state index in [1.54, 1.807) is 7.11 Å². The van der Waals surface area contributed by atoms with Gasteiger partial charge >= 0.3 is 0 Å². The van der Waals surface area contributed by atoms with Gasteiger partial charge in [0.25, 0.3) is 0 Å². The Kier molecular flexibility index (Phi) is 7.60. The van der Waals surface area contributed by atoms with Crippen molar-refractivity contribution in [3.63, 3.8) is 0 Å². The Morgan fingerprint density at radius 3 is 2.30 bits per heavy atom. The Morgan fingerprint density at radius 2 is 1.58 bits per heavy atom. The molecule has 1 heterocycles. The fourth-order valence-corrected chi connectivity index (χ4v) is 4.00. The minimum Gasteiger partial charge on any atom is -0.493 e. The SMILES string of the molecule is COc1ccccc1OCCNC(=O)CSc1nnc(-c2ccccc2)n1-c1ccccc1. The summed E-state index contributed by atoms with van der Waals surface area (Å²) in [4.78, 5) is 12.4. The molecule has 3 aromatic carbocycles. The second-order valence-corrected chi connectivity index (χ2v) is 7.92. The van der Waals surface area contributed by atoms with Gasteiger partial charge in [-0.3, -0.25) is 9.36 Å². The quantitative estimate of drug-likeness (QED) is 0.282. The maximum Gasteiger partial charge on any atom is 0.230 e. The van der Waals surface area contributed by atoms with E-state index >= 15 is 0 Å². The van der Waals surface area contributed by atoms with E-state index in [1.165, 1.54) is 11.8 Å². The van der Waals surface area contributed by atoms with E-state index in [0.29, 0.717) is 29.8 Å². The summed E-state index contributed by atoms with van der Waals surface area (Å²) in [5, 5.41) is 12.3. The minimum atomic E-state index is -0.104. The normalized spacial score (nSPS) is 10.6. The highest BCUT2D eigenvalue weighted by Gasteiger charge is 2.17. The zero-order chi connectivity index (χ0) is 22.9. The zero-order valence-electron chi connectivity index (χ0n) is 18.2. The van der Waals surface area contributed by atoms with Crippen molar-refractivity contribution in [2.45, 2.75) is 5.16 Å². The molecule has 1 amide bonds. The fraction of sp³-hybridized carbons (Fsp3) is 0.160. The van der Waals surface area contributed by atoms with E-state index in [2.05, 4.69) is 15.5 Å².